The standard InChI is InChI=1S/C18H21N3OS/c1-11-3-6-15-17(21(2)10-20-15)14(11)8-19-18(22)13-7-16(23-9-13)12-4-5-12/h3,6,9-10,12,16H,4-5,7-8H2,1-2H3,(H,19,22). The van der Waals surface area contributed by atoms with Gasteiger partial charge in [-0.3, -0.25) is 4.79 Å². The number of thioether (sulfide) groups is 1. The van der Waals surface area contributed by atoms with E-state index < -0.39 is 0 Å². The minimum Gasteiger partial charge on any atom is -0.348 e. The van der Waals surface area contributed by atoms with E-state index in [4.69, 9.17) is 0 Å². The van der Waals surface area contributed by atoms with Crippen molar-refractivity contribution >= 4 is 28.7 Å². The number of benzene rings is 1. The summed E-state index contributed by atoms with van der Waals surface area (Å²) in [7, 11) is 2.00. The van der Waals surface area contributed by atoms with E-state index in [2.05, 4.69) is 28.7 Å². The Morgan fingerprint density at radius 1 is 1.43 bits per heavy atom. The molecule has 2 aliphatic rings. The maximum atomic E-state index is 12.5. The van der Waals surface area contributed by atoms with Gasteiger partial charge in [-0.2, -0.15) is 0 Å². The summed E-state index contributed by atoms with van der Waals surface area (Å²) in [6.07, 6.45) is 5.42. The number of carbonyl (C=O) groups excluding carboxylic acids is 1. The van der Waals surface area contributed by atoms with E-state index in [1.54, 1.807) is 0 Å². The highest BCUT2D eigenvalue weighted by Crippen LogP contribution is 2.45. The lowest BCUT2D eigenvalue weighted by atomic mass is 10.1. The Labute approximate surface area is 140 Å². The predicted molar refractivity (Wildman–Crippen MR) is 94.1 cm³/mol. The molecule has 0 spiro atoms. The van der Waals surface area contributed by atoms with Gasteiger partial charge in [0.25, 0.3) is 0 Å². The smallest absolute Gasteiger partial charge is 0.248 e. The van der Waals surface area contributed by atoms with Gasteiger partial charge in [-0.15, -0.1) is 11.8 Å². The number of hydrogen-bond donors (Lipinski definition) is 1. The highest BCUT2D eigenvalue weighted by molar-refractivity contribution is 8.03. The average molecular weight is 327 g/mol. The highest BCUT2D eigenvalue weighted by atomic mass is 32.2. The molecule has 1 fully saturated rings. The maximum Gasteiger partial charge on any atom is 0.248 e. The first-order valence-electron chi connectivity index (χ1n) is 8.15. The number of imidazole rings is 1. The Morgan fingerprint density at radius 2 is 2.26 bits per heavy atom. The van der Waals surface area contributed by atoms with Crippen molar-refractivity contribution in [1.29, 1.82) is 0 Å². The van der Waals surface area contributed by atoms with Crippen LogP contribution in [0, 0.1) is 12.8 Å². The molecule has 0 saturated heterocycles. The molecule has 1 saturated carbocycles. The maximum absolute atomic E-state index is 12.5. The van der Waals surface area contributed by atoms with Crippen LogP contribution >= 0.6 is 11.8 Å². The summed E-state index contributed by atoms with van der Waals surface area (Å²) in [5.41, 5.74) is 5.37. The van der Waals surface area contributed by atoms with Crippen LogP contribution in [0.4, 0.5) is 0 Å². The highest BCUT2D eigenvalue weighted by Gasteiger charge is 2.35. The van der Waals surface area contributed by atoms with Crippen molar-refractivity contribution in [3.05, 3.63) is 40.6 Å². The molecule has 1 aromatic carbocycles. The van der Waals surface area contributed by atoms with Gasteiger partial charge < -0.3 is 9.88 Å². The molecule has 1 unspecified atom stereocenters. The number of carbonyl (C=O) groups is 1. The molecule has 1 atom stereocenters. The Hall–Kier alpha value is -1.75. The largest absolute Gasteiger partial charge is 0.348 e. The first-order chi connectivity index (χ1) is 11.1. The van der Waals surface area contributed by atoms with Crippen LogP contribution in [-0.4, -0.2) is 20.7 Å². The van der Waals surface area contributed by atoms with Crippen molar-refractivity contribution in [1.82, 2.24) is 14.9 Å². The van der Waals surface area contributed by atoms with Gasteiger partial charge in [0.15, 0.2) is 0 Å². The van der Waals surface area contributed by atoms with Crippen LogP contribution in [0.5, 0.6) is 0 Å². The molecule has 5 heteroatoms. The molecule has 0 bridgehead atoms. The summed E-state index contributed by atoms with van der Waals surface area (Å²) < 4.78 is 2.03. The Balaban J connectivity index is 1.48. The molecule has 1 aliphatic carbocycles. The van der Waals surface area contributed by atoms with E-state index in [9.17, 15) is 4.79 Å². The lowest BCUT2D eigenvalue weighted by Crippen LogP contribution is -2.25. The van der Waals surface area contributed by atoms with E-state index in [1.165, 1.54) is 18.4 Å². The summed E-state index contributed by atoms with van der Waals surface area (Å²) in [4.78, 5) is 16.9. The Morgan fingerprint density at radius 3 is 3.04 bits per heavy atom. The third-order valence-electron chi connectivity index (χ3n) is 4.89. The monoisotopic (exact) mass is 327 g/mol. The van der Waals surface area contributed by atoms with Gasteiger partial charge in [0.2, 0.25) is 5.91 Å². The van der Waals surface area contributed by atoms with Crippen molar-refractivity contribution in [2.24, 2.45) is 13.0 Å². The van der Waals surface area contributed by atoms with Crippen LogP contribution in [-0.2, 0) is 18.4 Å². The molecular formula is C18H21N3OS. The number of hydrogen-bond acceptors (Lipinski definition) is 3. The number of fused-ring (bicyclic) bond motifs is 1. The normalized spacial score (nSPS) is 20.8. The summed E-state index contributed by atoms with van der Waals surface area (Å²) >= 11 is 1.84. The fraction of sp³-hybridized carbons (Fsp3) is 0.444. The van der Waals surface area contributed by atoms with Crippen LogP contribution in [0.1, 0.15) is 30.4 Å². The SMILES string of the molecule is Cc1ccc2ncn(C)c2c1CNC(=O)C1=CSC(C2CC2)C1. The first kappa shape index (κ1) is 14.8. The molecule has 2 aromatic rings. The molecule has 2 heterocycles. The van der Waals surface area contributed by atoms with Crippen molar-refractivity contribution in [3.63, 3.8) is 0 Å². The van der Waals surface area contributed by atoms with Crippen LogP contribution < -0.4 is 5.32 Å². The lowest BCUT2D eigenvalue weighted by Gasteiger charge is -2.12. The molecule has 4 rings (SSSR count). The summed E-state index contributed by atoms with van der Waals surface area (Å²) in [5, 5.41) is 5.81. The minimum absolute atomic E-state index is 0.0826. The van der Waals surface area contributed by atoms with Gasteiger partial charge in [-0.05, 0) is 49.1 Å². The number of nitrogens with zero attached hydrogens (tertiary/aromatic N) is 2. The van der Waals surface area contributed by atoms with Gasteiger partial charge in [-0.25, -0.2) is 4.98 Å². The molecule has 23 heavy (non-hydrogen) atoms. The van der Waals surface area contributed by atoms with Gasteiger partial charge >= 0.3 is 0 Å². The second-order valence-electron chi connectivity index (χ2n) is 6.63. The zero-order valence-corrected chi connectivity index (χ0v) is 14.3. The Kier molecular flexibility index (Phi) is 3.68. The minimum atomic E-state index is 0.0826. The fourth-order valence-electron chi connectivity index (χ4n) is 3.31. The summed E-state index contributed by atoms with van der Waals surface area (Å²) in [5.74, 6) is 0.922. The molecule has 1 aliphatic heterocycles. The van der Waals surface area contributed by atoms with Gasteiger partial charge in [0, 0.05) is 30.0 Å². The predicted octanol–water partition coefficient (Wildman–Crippen LogP) is 3.30. The quantitative estimate of drug-likeness (QED) is 0.937. The molecule has 1 amide bonds. The molecule has 1 aromatic heterocycles. The van der Waals surface area contributed by atoms with Gasteiger partial charge in [0.1, 0.15) is 0 Å². The summed E-state index contributed by atoms with van der Waals surface area (Å²) in [6, 6.07) is 4.11. The van der Waals surface area contributed by atoms with Crippen LogP contribution in [0.2, 0.25) is 0 Å². The number of aromatic nitrogens is 2. The van der Waals surface area contributed by atoms with Gasteiger partial charge in [-0.1, -0.05) is 6.07 Å². The van der Waals surface area contributed by atoms with E-state index in [1.807, 2.05) is 35.8 Å². The third kappa shape index (κ3) is 2.78. The van der Waals surface area contributed by atoms with Crippen molar-refractivity contribution in [3.8, 4) is 0 Å². The topological polar surface area (TPSA) is 46.9 Å². The van der Waals surface area contributed by atoms with Crippen LogP contribution in [0.25, 0.3) is 11.0 Å². The number of nitrogens with one attached hydrogen (secondary N) is 1. The Bertz CT molecular complexity index is 804. The second-order valence-corrected chi connectivity index (χ2v) is 7.74. The van der Waals surface area contributed by atoms with E-state index in [0.29, 0.717) is 11.8 Å². The first-order valence-corrected chi connectivity index (χ1v) is 9.10. The van der Waals surface area contributed by atoms with E-state index >= 15 is 0 Å². The molecular weight excluding hydrogens is 306 g/mol. The number of rotatable bonds is 4. The molecule has 120 valence electrons. The molecule has 1 N–H and O–H groups in total. The lowest BCUT2D eigenvalue weighted by molar-refractivity contribution is -0.117. The fourth-order valence-corrected chi connectivity index (χ4v) is 4.62. The number of aryl methyl sites for hydroxylation is 2. The van der Waals surface area contributed by atoms with Gasteiger partial charge in [0.05, 0.1) is 17.4 Å². The molecule has 0 radical (unpaired) electrons. The van der Waals surface area contributed by atoms with Crippen molar-refractivity contribution < 1.29 is 4.79 Å². The van der Waals surface area contributed by atoms with Crippen molar-refractivity contribution in [2.45, 2.75) is 38.0 Å². The van der Waals surface area contributed by atoms with E-state index in [0.717, 1.165) is 34.5 Å². The average Bonchev–Trinajstić information content (AvgIpc) is 3.16. The molecule has 4 nitrogen and oxygen atoms in total. The zero-order valence-electron chi connectivity index (χ0n) is 13.5. The van der Waals surface area contributed by atoms with Crippen molar-refractivity contribution in [2.75, 3.05) is 0 Å². The second kappa shape index (κ2) is 5.71. The summed E-state index contributed by atoms with van der Waals surface area (Å²) in [6.45, 7) is 2.64. The number of amides is 1. The third-order valence-corrected chi connectivity index (χ3v) is 6.21. The zero-order chi connectivity index (χ0) is 16.0. The van der Waals surface area contributed by atoms with E-state index in [-0.39, 0.29) is 5.91 Å². The van der Waals surface area contributed by atoms with Crippen LogP contribution in [0.15, 0.2) is 29.4 Å². The van der Waals surface area contributed by atoms with Crippen LogP contribution in [0.3, 0.4) is 0 Å².